The van der Waals surface area contributed by atoms with Crippen LogP contribution in [0.4, 0.5) is 26.7 Å². The maximum Gasteiger partial charge on any atom is 0.394 e. The molecule has 1 aromatic rings. The fourth-order valence-electron chi connectivity index (χ4n) is 3.31. The molecule has 29 heavy (non-hydrogen) atoms. The van der Waals surface area contributed by atoms with E-state index < -0.39 is 65.5 Å². The Kier molecular flexibility index (Phi) is 6.18. The molecule has 160 valence electrons. The number of hydrogen-bond acceptors (Lipinski definition) is 3. The molecule has 1 aromatic carbocycles. The molecule has 2 heterocycles. The number of alkyl halides is 3. The minimum Gasteiger partial charge on any atom is -0.375 e. The van der Waals surface area contributed by atoms with Crippen LogP contribution in [0.15, 0.2) is 12.1 Å². The Labute approximate surface area is 167 Å². The van der Waals surface area contributed by atoms with E-state index in [9.17, 15) is 31.5 Å². The van der Waals surface area contributed by atoms with E-state index >= 15 is 0 Å². The highest BCUT2D eigenvalue weighted by atomic mass is 35.5. The van der Waals surface area contributed by atoms with Crippen molar-refractivity contribution in [2.75, 3.05) is 13.2 Å². The van der Waals surface area contributed by atoms with Gasteiger partial charge in [0.1, 0.15) is 22.7 Å². The normalized spacial score (nSPS) is 25.9. The van der Waals surface area contributed by atoms with Gasteiger partial charge in [0.05, 0.1) is 24.7 Å². The fourth-order valence-corrected chi connectivity index (χ4v) is 3.48. The lowest BCUT2D eigenvalue weighted by molar-refractivity contribution is -0.210. The number of amides is 3. The van der Waals surface area contributed by atoms with Gasteiger partial charge in [0.25, 0.3) is 0 Å². The molecule has 0 unspecified atom stereocenters. The van der Waals surface area contributed by atoms with Crippen molar-refractivity contribution in [1.82, 2.24) is 16.0 Å². The Hall–Kier alpha value is -2.14. The highest BCUT2D eigenvalue weighted by Crippen LogP contribution is 2.38. The number of carbonyl (C=O) groups excluding carboxylic acids is 2. The van der Waals surface area contributed by atoms with Gasteiger partial charge in [-0.2, -0.15) is 13.2 Å². The highest BCUT2D eigenvalue weighted by Gasteiger charge is 2.44. The fraction of sp³-hybridized carbons (Fsp3) is 0.529. The summed E-state index contributed by atoms with van der Waals surface area (Å²) < 4.78 is 72.1. The van der Waals surface area contributed by atoms with Crippen LogP contribution >= 0.6 is 11.6 Å². The summed E-state index contributed by atoms with van der Waals surface area (Å²) in [5, 5.41) is 6.41. The van der Waals surface area contributed by atoms with Gasteiger partial charge in [-0.1, -0.05) is 17.7 Å². The van der Waals surface area contributed by atoms with Crippen LogP contribution in [0.3, 0.4) is 0 Å². The molecular weight excluding hydrogens is 425 g/mol. The molecule has 6 nitrogen and oxygen atoms in total. The zero-order chi connectivity index (χ0) is 21.3. The van der Waals surface area contributed by atoms with Crippen LogP contribution in [0.1, 0.15) is 24.4 Å². The molecule has 0 bridgehead atoms. The quantitative estimate of drug-likeness (QED) is 0.496. The smallest absolute Gasteiger partial charge is 0.375 e. The van der Waals surface area contributed by atoms with Crippen LogP contribution in [0.2, 0.25) is 5.02 Å². The Morgan fingerprint density at radius 1 is 1.28 bits per heavy atom. The van der Waals surface area contributed by atoms with Gasteiger partial charge in [-0.3, -0.25) is 4.79 Å². The average molecular weight is 442 g/mol. The van der Waals surface area contributed by atoms with Crippen molar-refractivity contribution in [3.8, 4) is 0 Å². The van der Waals surface area contributed by atoms with Crippen LogP contribution in [-0.4, -0.2) is 43.4 Å². The Balaban J connectivity index is 1.83. The molecule has 2 aliphatic rings. The summed E-state index contributed by atoms with van der Waals surface area (Å²) in [6, 6.07) is -0.825. The minimum atomic E-state index is -4.44. The van der Waals surface area contributed by atoms with E-state index in [0.717, 1.165) is 12.1 Å². The van der Waals surface area contributed by atoms with Gasteiger partial charge in [0, 0.05) is 12.1 Å². The summed E-state index contributed by atoms with van der Waals surface area (Å²) in [6.45, 7) is -0.676. The van der Waals surface area contributed by atoms with Crippen molar-refractivity contribution in [2.24, 2.45) is 5.92 Å². The first-order chi connectivity index (χ1) is 13.6. The van der Waals surface area contributed by atoms with Crippen molar-refractivity contribution in [3.05, 3.63) is 34.4 Å². The number of ether oxygens (including phenoxy) is 1. The van der Waals surface area contributed by atoms with Crippen molar-refractivity contribution in [1.29, 1.82) is 0 Å². The molecule has 4 atom stereocenters. The molecule has 0 aliphatic carbocycles. The predicted octanol–water partition coefficient (Wildman–Crippen LogP) is 2.81. The number of benzene rings is 1. The van der Waals surface area contributed by atoms with E-state index in [-0.39, 0.29) is 24.9 Å². The molecule has 3 amide bonds. The Morgan fingerprint density at radius 2 is 2.00 bits per heavy atom. The Morgan fingerprint density at radius 3 is 2.55 bits per heavy atom. The SMILES string of the molecule is O=C1NC[C@@H](C(=O)N[C@@H](c2ccc(F)c(Cl)c2F)[C@@H]2CC[C@H](C(F)(F)F)CO2)N1. The summed E-state index contributed by atoms with van der Waals surface area (Å²) in [7, 11) is 0. The predicted molar refractivity (Wildman–Crippen MR) is 91.1 cm³/mol. The standard InChI is InChI=1S/C17H17ClF5N3O3/c18-12-9(19)3-2-8(13(12)20)14(26-15(27)10-5-24-16(28)25-10)11-4-1-7(6-29-11)17(21,22)23/h2-3,7,10-11,14H,1,4-6H2,(H,26,27)(H2,24,25,28)/t7-,10-,11-,14-/m0/s1. The second kappa shape index (κ2) is 8.31. The molecule has 0 saturated carbocycles. The van der Waals surface area contributed by atoms with Crippen LogP contribution in [0, 0.1) is 17.6 Å². The zero-order valence-electron chi connectivity index (χ0n) is 14.8. The second-order valence-corrected chi connectivity index (χ2v) is 7.22. The van der Waals surface area contributed by atoms with Gasteiger partial charge in [0.2, 0.25) is 5.91 Å². The van der Waals surface area contributed by atoms with E-state index in [4.69, 9.17) is 16.3 Å². The number of carbonyl (C=O) groups is 2. The summed E-state index contributed by atoms with van der Waals surface area (Å²) >= 11 is 5.61. The lowest BCUT2D eigenvalue weighted by Crippen LogP contribution is -2.49. The maximum absolute atomic E-state index is 14.6. The molecule has 2 aliphatic heterocycles. The van der Waals surface area contributed by atoms with Crippen LogP contribution in [-0.2, 0) is 9.53 Å². The lowest BCUT2D eigenvalue weighted by Gasteiger charge is -2.35. The molecule has 0 aromatic heterocycles. The molecular formula is C17H17ClF5N3O3. The number of nitrogens with one attached hydrogen (secondary N) is 3. The minimum absolute atomic E-state index is 0.0221. The number of hydrogen-bond donors (Lipinski definition) is 3. The monoisotopic (exact) mass is 441 g/mol. The highest BCUT2D eigenvalue weighted by molar-refractivity contribution is 6.31. The maximum atomic E-state index is 14.6. The van der Waals surface area contributed by atoms with E-state index in [0.29, 0.717) is 0 Å². The van der Waals surface area contributed by atoms with Gasteiger partial charge in [-0.05, 0) is 18.9 Å². The van der Waals surface area contributed by atoms with Gasteiger partial charge in [-0.25, -0.2) is 13.6 Å². The first-order valence-electron chi connectivity index (χ1n) is 8.74. The summed E-state index contributed by atoms with van der Waals surface area (Å²) in [4.78, 5) is 23.7. The third kappa shape index (κ3) is 4.72. The first kappa shape index (κ1) is 21.6. The summed E-state index contributed by atoms with van der Waals surface area (Å²) in [5.74, 6) is -4.54. The third-order valence-corrected chi connectivity index (χ3v) is 5.28. The average Bonchev–Trinajstić information content (AvgIpc) is 3.11. The van der Waals surface area contributed by atoms with Crippen LogP contribution in [0.5, 0.6) is 0 Å². The first-order valence-corrected chi connectivity index (χ1v) is 9.12. The molecule has 0 radical (unpaired) electrons. The van der Waals surface area contributed by atoms with Crippen molar-refractivity contribution < 1.29 is 36.3 Å². The summed E-state index contributed by atoms with van der Waals surface area (Å²) in [6.07, 6.45) is -5.84. The van der Waals surface area contributed by atoms with Gasteiger partial charge in [0.15, 0.2) is 0 Å². The van der Waals surface area contributed by atoms with E-state index in [2.05, 4.69) is 16.0 Å². The topological polar surface area (TPSA) is 79.5 Å². The van der Waals surface area contributed by atoms with Gasteiger partial charge >= 0.3 is 12.2 Å². The number of halogens is 6. The zero-order valence-corrected chi connectivity index (χ0v) is 15.5. The van der Waals surface area contributed by atoms with Crippen LogP contribution in [0.25, 0.3) is 0 Å². The van der Waals surface area contributed by atoms with E-state index in [1.807, 2.05) is 0 Å². The molecule has 2 saturated heterocycles. The van der Waals surface area contributed by atoms with E-state index in [1.54, 1.807) is 0 Å². The molecule has 0 spiro atoms. The molecule has 3 rings (SSSR count). The van der Waals surface area contributed by atoms with Crippen molar-refractivity contribution in [2.45, 2.75) is 37.2 Å². The molecule has 3 N–H and O–H groups in total. The largest absolute Gasteiger partial charge is 0.394 e. The number of urea groups is 1. The van der Waals surface area contributed by atoms with E-state index in [1.165, 1.54) is 0 Å². The second-order valence-electron chi connectivity index (χ2n) is 6.85. The summed E-state index contributed by atoms with van der Waals surface area (Å²) in [5.41, 5.74) is -0.225. The van der Waals surface area contributed by atoms with Crippen molar-refractivity contribution in [3.63, 3.8) is 0 Å². The van der Waals surface area contributed by atoms with Crippen molar-refractivity contribution >= 4 is 23.5 Å². The van der Waals surface area contributed by atoms with Gasteiger partial charge < -0.3 is 20.7 Å². The molecule has 12 heteroatoms. The van der Waals surface area contributed by atoms with Gasteiger partial charge in [-0.15, -0.1) is 0 Å². The lowest BCUT2D eigenvalue weighted by atomic mass is 9.90. The third-order valence-electron chi connectivity index (χ3n) is 4.93. The Bertz CT molecular complexity index is 799. The number of rotatable bonds is 4. The van der Waals surface area contributed by atoms with Crippen LogP contribution < -0.4 is 16.0 Å². The molecule has 2 fully saturated rings.